The smallest absolute Gasteiger partial charge is 0.271 e. The van der Waals surface area contributed by atoms with Gasteiger partial charge in [-0.3, -0.25) is 25.2 Å². The Morgan fingerprint density at radius 1 is 0.964 bits per heavy atom. The number of amides is 3. The van der Waals surface area contributed by atoms with Crippen LogP contribution in [-0.2, 0) is 11.8 Å². The molecule has 3 N–H and O–H groups in total. The first-order chi connectivity index (χ1) is 13.4. The molecule has 3 aromatic rings. The minimum atomic E-state index is -0.819. The number of hydrogen-bond donors (Lipinski definition) is 3. The van der Waals surface area contributed by atoms with Crippen LogP contribution >= 0.6 is 0 Å². The second-order valence-corrected chi connectivity index (χ2v) is 6.68. The molecule has 0 spiro atoms. The van der Waals surface area contributed by atoms with Crippen molar-refractivity contribution in [1.82, 2.24) is 20.7 Å². The summed E-state index contributed by atoms with van der Waals surface area (Å²) in [7, 11) is 1.85. The number of para-hydroxylation sites is 1. The van der Waals surface area contributed by atoms with Gasteiger partial charge in [-0.1, -0.05) is 35.9 Å². The lowest BCUT2D eigenvalue weighted by molar-refractivity contribution is -0.123. The van der Waals surface area contributed by atoms with Crippen molar-refractivity contribution in [1.29, 1.82) is 0 Å². The largest absolute Gasteiger partial charge is 0.350 e. The quantitative estimate of drug-likeness (QED) is 0.607. The average Bonchev–Trinajstić information content (AvgIpc) is 3.03. The molecule has 144 valence electrons. The molecule has 7 heteroatoms. The first kappa shape index (κ1) is 19.2. The van der Waals surface area contributed by atoms with Crippen molar-refractivity contribution in [2.45, 2.75) is 19.9 Å². The maximum atomic E-state index is 12.5. The normalized spacial score (nSPS) is 11.7. The van der Waals surface area contributed by atoms with Crippen molar-refractivity contribution in [3.8, 4) is 0 Å². The van der Waals surface area contributed by atoms with Gasteiger partial charge < -0.3 is 9.88 Å². The zero-order valence-electron chi connectivity index (χ0n) is 15.9. The standard InChI is InChI=1S/C21H22N4O3/c1-13-7-6-8-15(11-13)20(27)22-14(2)19(26)23-24-21(28)17-12-25(3)18-10-5-4-9-16(17)18/h4-12,14H,1-3H3,(H,22,27)(H,23,26)(H,24,28)/t14-/m0/s1. The fraction of sp³-hybridized carbons (Fsp3) is 0.190. The highest BCUT2D eigenvalue weighted by atomic mass is 16.2. The summed E-state index contributed by atoms with van der Waals surface area (Å²) in [6.45, 7) is 3.43. The Bertz CT molecular complexity index is 1050. The highest BCUT2D eigenvalue weighted by Crippen LogP contribution is 2.19. The van der Waals surface area contributed by atoms with E-state index in [9.17, 15) is 14.4 Å². The molecule has 0 unspecified atom stereocenters. The number of fused-ring (bicyclic) bond motifs is 1. The van der Waals surface area contributed by atoms with Crippen LogP contribution < -0.4 is 16.2 Å². The van der Waals surface area contributed by atoms with Gasteiger partial charge in [0.2, 0.25) is 0 Å². The number of aromatic nitrogens is 1. The van der Waals surface area contributed by atoms with Crippen molar-refractivity contribution in [3.05, 3.63) is 71.4 Å². The lowest BCUT2D eigenvalue weighted by Crippen LogP contribution is -2.51. The van der Waals surface area contributed by atoms with Crippen LogP contribution in [0.15, 0.2) is 54.7 Å². The van der Waals surface area contributed by atoms with Crippen molar-refractivity contribution in [3.63, 3.8) is 0 Å². The molecule has 7 nitrogen and oxygen atoms in total. The van der Waals surface area contributed by atoms with E-state index in [1.165, 1.54) is 0 Å². The van der Waals surface area contributed by atoms with Crippen molar-refractivity contribution in [2.24, 2.45) is 7.05 Å². The number of hydrogen-bond acceptors (Lipinski definition) is 3. The van der Waals surface area contributed by atoms with Gasteiger partial charge in [0, 0.05) is 29.7 Å². The van der Waals surface area contributed by atoms with Gasteiger partial charge in [-0.15, -0.1) is 0 Å². The third kappa shape index (κ3) is 4.03. The van der Waals surface area contributed by atoms with Crippen LogP contribution in [0.25, 0.3) is 10.9 Å². The zero-order chi connectivity index (χ0) is 20.3. The number of carbonyl (C=O) groups excluding carboxylic acids is 3. The van der Waals surface area contributed by atoms with Crippen LogP contribution in [0.2, 0.25) is 0 Å². The van der Waals surface area contributed by atoms with Gasteiger partial charge in [0.25, 0.3) is 17.7 Å². The van der Waals surface area contributed by atoms with E-state index in [2.05, 4.69) is 16.2 Å². The minimum Gasteiger partial charge on any atom is -0.350 e. The van der Waals surface area contributed by atoms with E-state index in [0.717, 1.165) is 16.5 Å². The predicted molar refractivity (Wildman–Crippen MR) is 107 cm³/mol. The maximum absolute atomic E-state index is 12.5. The van der Waals surface area contributed by atoms with Crippen molar-refractivity contribution < 1.29 is 14.4 Å². The Morgan fingerprint density at radius 3 is 2.46 bits per heavy atom. The van der Waals surface area contributed by atoms with E-state index >= 15 is 0 Å². The number of carbonyl (C=O) groups is 3. The van der Waals surface area contributed by atoms with E-state index in [4.69, 9.17) is 0 Å². The van der Waals surface area contributed by atoms with Crippen molar-refractivity contribution >= 4 is 28.6 Å². The molecule has 3 amide bonds. The molecule has 0 aliphatic carbocycles. The summed E-state index contributed by atoms with van der Waals surface area (Å²) in [4.78, 5) is 36.9. The summed E-state index contributed by atoms with van der Waals surface area (Å²) in [6, 6.07) is 13.8. The van der Waals surface area contributed by atoms with Crippen molar-refractivity contribution in [2.75, 3.05) is 0 Å². The molecule has 0 aliphatic rings. The summed E-state index contributed by atoms with van der Waals surface area (Å²) in [6.07, 6.45) is 1.70. The number of nitrogens with one attached hydrogen (secondary N) is 3. The molecule has 2 aromatic carbocycles. The van der Waals surface area contributed by atoms with E-state index in [1.807, 2.05) is 48.9 Å². The zero-order valence-corrected chi connectivity index (χ0v) is 15.9. The second-order valence-electron chi connectivity index (χ2n) is 6.68. The highest BCUT2D eigenvalue weighted by Gasteiger charge is 2.19. The minimum absolute atomic E-state index is 0.355. The Kier molecular flexibility index (Phi) is 5.44. The number of hydrazine groups is 1. The molecule has 1 aromatic heterocycles. The summed E-state index contributed by atoms with van der Waals surface area (Å²) < 4.78 is 1.84. The first-order valence-corrected chi connectivity index (χ1v) is 8.88. The third-order valence-electron chi connectivity index (χ3n) is 4.46. The molecule has 0 saturated carbocycles. The summed E-state index contributed by atoms with van der Waals surface area (Å²) >= 11 is 0. The fourth-order valence-electron chi connectivity index (χ4n) is 2.95. The van der Waals surface area contributed by atoms with Gasteiger partial charge in [0.05, 0.1) is 5.56 Å². The third-order valence-corrected chi connectivity index (χ3v) is 4.46. The van der Waals surface area contributed by atoms with Gasteiger partial charge in [0.1, 0.15) is 6.04 Å². The SMILES string of the molecule is Cc1cccc(C(=O)N[C@@H](C)C(=O)NNC(=O)c2cn(C)c3ccccc23)c1. The summed E-state index contributed by atoms with van der Waals surface area (Å²) in [5, 5.41) is 3.40. The number of rotatable bonds is 4. The van der Waals surface area contributed by atoms with Crippen LogP contribution in [0.4, 0.5) is 0 Å². The van der Waals surface area contributed by atoms with Gasteiger partial charge >= 0.3 is 0 Å². The van der Waals surface area contributed by atoms with Crippen LogP contribution in [0.5, 0.6) is 0 Å². The van der Waals surface area contributed by atoms with Crippen LogP contribution in [0.3, 0.4) is 0 Å². The van der Waals surface area contributed by atoms with E-state index in [1.54, 1.807) is 31.3 Å². The Morgan fingerprint density at radius 2 is 1.71 bits per heavy atom. The van der Waals surface area contributed by atoms with Crippen LogP contribution in [-0.4, -0.2) is 28.3 Å². The number of benzene rings is 2. The first-order valence-electron chi connectivity index (χ1n) is 8.88. The predicted octanol–water partition coefficient (Wildman–Crippen LogP) is 2.07. The lowest BCUT2D eigenvalue weighted by Gasteiger charge is -2.14. The van der Waals surface area contributed by atoms with Gasteiger partial charge in [-0.2, -0.15) is 0 Å². The molecule has 3 rings (SSSR count). The van der Waals surface area contributed by atoms with E-state index in [0.29, 0.717) is 11.1 Å². The van der Waals surface area contributed by atoms with E-state index in [-0.39, 0.29) is 5.91 Å². The molecule has 0 bridgehead atoms. The molecule has 0 radical (unpaired) electrons. The maximum Gasteiger partial charge on any atom is 0.271 e. The molecular weight excluding hydrogens is 356 g/mol. The van der Waals surface area contributed by atoms with Gasteiger partial charge in [0.15, 0.2) is 0 Å². The highest BCUT2D eigenvalue weighted by molar-refractivity contribution is 6.07. The molecule has 1 heterocycles. The molecule has 0 saturated heterocycles. The topological polar surface area (TPSA) is 92.2 Å². The number of aryl methyl sites for hydroxylation is 2. The average molecular weight is 378 g/mol. The van der Waals surface area contributed by atoms with Crippen LogP contribution in [0.1, 0.15) is 33.2 Å². The monoisotopic (exact) mass is 378 g/mol. The Balaban J connectivity index is 1.60. The van der Waals surface area contributed by atoms with Crippen LogP contribution in [0, 0.1) is 6.92 Å². The molecule has 1 atom stereocenters. The Labute approximate surface area is 162 Å². The molecule has 0 aliphatic heterocycles. The fourth-order valence-corrected chi connectivity index (χ4v) is 2.95. The molecule has 0 fully saturated rings. The number of nitrogens with zero attached hydrogens (tertiary/aromatic N) is 1. The summed E-state index contributed by atoms with van der Waals surface area (Å²) in [5.41, 5.74) is 7.56. The molecular formula is C21H22N4O3. The Hall–Kier alpha value is -3.61. The van der Waals surface area contributed by atoms with Gasteiger partial charge in [-0.25, -0.2) is 0 Å². The lowest BCUT2D eigenvalue weighted by atomic mass is 10.1. The molecule has 28 heavy (non-hydrogen) atoms. The van der Waals surface area contributed by atoms with Gasteiger partial charge in [-0.05, 0) is 32.0 Å². The summed E-state index contributed by atoms with van der Waals surface area (Å²) in [5.74, 6) is -1.30. The second kappa shape index (κ2) is 7.96. The van der Waals surface area contributed by atoms with E-state index < -0.39 is 17.9 Å².